The molecule has 4 fully saturated rings. The number of carbonyl (C=O) groups is 2. The summed E-state index contributed by atoms with van der Waals surface area (Å²) in [5.41, 5.74) is 3.63. The van der Waals surface area contributed by atoms with Crippen LogP contribution in [-0.4, -0.2) is 60.3 Å². The van der Waals surface area contributed by atoms with Gasteiger partial charge in [0.1, 0.15) is 17.5 Å². The van der Waals surface area contributed by atoms with Crippen LogP contribution in [0.25, 0.3) is 0 Å². The lowest BCUT2D eigenvalue weighted by atomic mass is 9.62. The number of aromatic nitrogens is 1. The number of rotatable bonds is 3. The van der Waals surface area contributed by atoms with Crippen molar-refractivity contribution in [2.24, 2.45) is 10.8 Å². The van der Waals surface area contributed by atoms with Crippen molar-refractivity contribution >= 4 is 34.7 Å². The molecule has 38 heavy (non-hydrogen) atoms. The molecule has 1 saturated carbocycles. The predicted octanol–water partition coefficient (Wildman–Crippen LogP) is 5.08. The molecule has 1 atom stereocenters. The van der Waals surface area contributed by atoms with E-state index in [0.717, 1.165) is 63.1 Å². The average Bonchev–Trinajstić information content (AvgIpc) is 3.23. The molecule has 4 heterocycles. The highest BCUT2D eigenvalue weighted by molar-refractivity contribution is 6.32. The summed E-state index contributed by atoms with van der Waals surface area (Å²) in [5.74, 6) is 0.360. The number of ketones is 1. The lowest BCUT2D eigenvalue weighted by Crippen LogP contribution is -2.49. The third kappa shape index (κ3) is 4.53. The molecule has 2 aromatic rings. The van der Waals surface area contributed by atoms with E-state index in [9.17, 15) is 14.9 Å². The van der Waals surface area contributed by atoms with Gasteiger partial charge < -0.3 is 14.7 Å². The number of halogens is 1. The van der Waals surface area contributed by atoms with Crippen LogP contribution in [0.4, 0.5) is 11.4 Å². The molecule has 6 rings (SSSR count). The number of hydrogen-bond donors (Lipinski definition) is 0. The summed E-state index contributed by atoms with van der Waals surface area (Å²) in [6.07, 6.45) is 8.45. The molecule has 0 bridgehead atoms. The molecule has 1 aliphatic carbocycles. The fraction of sp³-hybridized carbons (Fsp3) is 0.533. The van der Waals surface area contributed by atoms with Crippen LogP contribution in [0.1, 0.15) is 67.9 Å². The Kier molecular flexibility index (Phi) is 6.34. The van der Waals surface area contributed by atoms with Gasteiger partial charge in [0.15, 0.2) is 0 Å². The summed E-state index contributed by atoms with van der Waals surface area (Å²) < 4.78 is 0. The van der Waals surface area contributed by atoms with E-state index in [-0.39, 0.29) is 16.7 Å². The summed E-state index contributed by atoms with van der Waals surface area (Å²) in [4.78, 5) is 35.8. The van der Waals surface area contributed by atoms with Crippen molar-refractivity contribution in [3.8, 4) is 6.07 Å². The van der Waals surface area contributed by atoms with Gasteiger partial charge in [-0.05, 0) is 80.2 Å². The fourth-order valence-electron chi connectivity index (χ4n) is 7.22. The maximum absolute atomic E-state index is 13.0. The van der Waals surface area contributed by atoms with Gasteiger partial charge in [0.2, 0.25) is 0 Å². The first-order valence-electron chi connectivity index (χ1n) is 13.8. The normalized spacial score (nSPS) is 24.0. The number of pyridine rings is 1. The van der Waals surface area contributed by atoms with E-state index < -0.39 is 0 Å². The van der Waals surface area contributed by atoms with E-state index >= 15 is 0 Å². The molecule has 2 spiro atoms. The molecule has 1 unspecified atom stereocenters. The van der Waals surface area contributed by atoms with Gasteiger partial charge in [-0.3, -0.25) is 9.59 Å². The largest absolute Gasteiger partial charge is 0.370 e. The smallest absolute Gasteiger partial charge is 0.272 e. The SMILES string of the molecule is CC1CC2(CCN(c3ccc(C(=O)N4CCC5(CC4)CC(=O)C5)nc3)CC2)CN1c1ccc(C#N)c(Cl)c1. The number of Topliss-reactive ketones (excluding diaryl/α,β-unsaturated/α-hetero) is 1. The Balaban J connectivity index is 1.05. The van der Waals surface area contributed by atoms with Gasteiger partial charge >= 0.3 is 0 Å². The Morgan fingerprint density at radius 1 is 1.03 bits per heavy atom. The van der Waals surface area contributed by atoms with Crippen LogP contribution in [0.3, 0.4) is 0 Å². The first-order valence-corrected chi connectivity index (χ1v) is 14.1. The molecular formula is C30H34ClN5O2. The number of piperidine rings is 2. The summed E-state index contributed by atoms with van der Waals surface area (Å²) >= 11 is 6.32. The maximum atomic E-state index is 13.0. The lowest BCUT2D eigenvalue weighted by Gasteiger charge is -2.46. The average molecular weight is 532 g/mol. The molecule has 1 amide bonds. The van der Waals surface area contributed by atoms with Crippen molar-refractivity contribution in [1.29, 1.82) is 5.26 Å². The van der Waals surface area contributed by atoms with E-state index in [0.29, 0.717) is 54.0 Å². The highest BCUT2D eigenvalue weighted by Crippen LogP contribution is 2.47. The van der Waals surface area contributed by atoms with Crippen molar-refractivity contribution in [3.05, 3.63) is 52.8 Å². The van der Waals surface area contributed by atoms with Gasteiger partial charge in [0.05, 0.1) is 22.5 Å². The molecule has 0 radical (unpaired) electrons. The number of anilines is 2. The van der Waals surface area contributed by atoms with Crippen molar-refractivity contribution in [3.63, 3.8) is 0 Å². The van der Waals surface area contributed by atoms with Crippen molar-refractivity contribution in [1.82, 2.24) is 9.88 Å². The minimum absolute atomic E-state index is 0.00223. The molecule has 1 aromatic heterocycles. The van der Waals surface area contributed by atoms with Crippen LogP contribution >= 0.6 is 11.6 Å². The summed E-state index contributed by atoms with van der Waals surface area (Å²) in [6, 6.07) is 12.2. The molecule has 7 nitrogen and oxygen atoms in total. The van der Waals surface area contributed by atoms with Gasteiger partial charge in [0, 0.05) is 57.3 Å². The zero-order valence-corrected chi connectivity index (χ0v) is 22.7. The zero-order valence-electron chi connectivity index (χ0n) is 22.0. The molecule has 1 aromatic carbocycles. The Hall–Kier alpha value is -3.11. The lowest BCUT2D eigenvalue weighted by molar-refractivity contribution is -0.135. The maximum Gasteiger partial charge on any atom is 0.272 e. The number of carbonyl (C=O) groups excluding carboxylic acids is 2. The Morgan fingerprint density at radius 3 is 2.32 bits per heavy atom. The van der Waals surface area contributed by atoms with Crippen LogP contribution in [0.15, 0.2) is 36.5 Å². The monoisotopic (exact) mass is 531 g/mol. The summed E-state index contributed by atoms with van der Waals surface area (Å²) in [5, 5.41) is 9.71. The quantitative estimate of drug-likeness (QED) is 0.549. The van der Waals surface area contributed by atoms with Gasteiger partial charge in [-0.2, -0.15) is 5.26 Å². The van der Waals surface area contributed by atoms with Gasteiger partial charge in [0.25, 0.3) is 5.91 Å². The summed E-state index contributed by atoms with van der Waals surface area (Å²) in [6.45, 7) is 6.65. The van der Waals surface area contributed by atoms with E-state index in [1.165, 1.54) is 0 Å². The van der Waals surface area contributed by atoms with E-state index in [4.69, 9.17) is 11.6 Å². The Bertz CT molecular complexity index is 1280. The molecule has 4 aliphatic rings. The second kappa shape index (κ2) is 9.57. The second-order valence-electron chi connectivity index (χ2n) is 12.0. The third-order valence-electron chi connectivity index (χ3n) is 9.58. The third-order valence-corrected chi connectivity index (χ3v) is 9.90. The van der Waals surface area contributed by atoms with Crippen molar-refractivity contribution in [2.75, 3.05) is 42.5 Å². The van der Waals surface area contributed by atoms with Crippen LogP contribution < -0.4 is 9.80 Å². The van der Waals surface area contributed by atoms with Crippen LogP contribution in [0.5, 0.6) is 0 Å². The Morgan fingerprint density at radius 2 is 1.71 bits per heavy atom. The standard InChI is InChI=1S/C30H34ClN5O2/c1-21-15-30(20-36(21)23-3-2-22(18-32)26(31)14-23)8-10-34(11-9-30)24-4-5-27(33-19-24)28(38)35-12-6-29(7-13-35)16-25(37)17-29/h2-5,14,19,21H,6-13,15-17,20H2,1H3. The van der Waals surface area contributed by atoms with E-state index in [1.807, 2.05) is 41.4 Å². The molecule has 198 valence electrons. The fourth-order valence-corrected chi connectivity index (χ4v) is 7.44. The highest BCUT2D eigenvalue weighted by atomic mass is 35.5. The first-order chi connectivity index (χ1) is 18.3. The summed E-state index contributed by atoms with van der Waals surface area (Å²) in [7, 11) is 0. The number of likely N-dealkylation sites (tertiary alicyclic amines) is 1. The van der Waals surface area contributed by atoms with E-state index in [2.05, 4.69) is 27.8 Å². The Labute approximate surface area is 229 Å². The van der Waals surface area contributed by atoms with Gasteiger partial charge in [-0.1, -0.05) is 11.6 Å². The zero-order chi connectivity index (χ0) is 26.5. The molecule has 8 heteroatoms. The number of nitrogens with zero attached hydrogens (tertiary/aromatic N) is 5. The van der Waals surface area contributed by atoms with Gasteiger partial charge in [-0.15, -0.1) is 0 Å². The molecule has 3 saturated heterocycles. The van der Waals surface area contributed by atoms with E-state index in [1.54, 1.807) is 0 Å². The molecule has 3 aliphatic heterocycles. The second-order valence-corrected chi connectivity index (χ2v) is 12.4. The molecule has 0 N–H and O–H groups in total. The van der Waals surface area contributed by atoms with Crippen LogP contribution in [-0.2, 0) is 4.79 Å². The highest BCUT2D eigenvalue weighted by Gasteiger charge is 2.46. The number of hydrogen-bond acceptors (Lipinski definition) is 6. The minimum Gasteiger partial charge on any atom is -0.370 e. The van der Waals surface area contributed by atoms with Gasteiger partial charge in [-0.25, -0.2) is 4.98 Å². The van der Waals surface area contributed by atoms with Crippen molar-refractivity contribution < 1.29 is 9.59 Å². The number of nitriles is 1. The number of amides is 1. The minimum atomic E-state index is -0.00223. The first kappa shape index (κ1) is 25.2. The predicted molar refractivity (Wildman–Crippen MR) is 148 cm³/mol. The number of benzene rings is 1. The van der Waals surface area contributed by atoms with Crippen molar-refractivity contribution in [2.45, 2.75) is 57.9 Å². The topological polar surface area (TPSA) is 80.5 Å². The van der Waals surface area contributed by atoms with Crippen LogP contribution in [0.2, 0.25) is 5.02 Å². The molecular weight excluding hydrogens is 498 g/mol. The van der Waals surface area contributed by atoms with Crippen LogP contribution in [0, 0.1) is 22.2 Å².